The van der Waals surface area contributed by atoms with Crippen LogP contribution < -0.4 is 0 Å². The van der Waals surface area contributed by atoms with Gasteiger partial charge < -0.3 is 10.1 Å². The average Bonchev–Trinajstić information content (AvgIpc) is 2.91. The molecule has 19 heavy (non-hydrogen) atoms. The number of hydrogen-bond donors (Lipinski definition) is 2. The molecule has 0 saturated carbocycles. The molecule has 98 valence electrons. The number of benzene rings is 1. The van der Waals surface area contributed by atoms with Gasteiger partial charge in [0.25, 0.3) is 0 Å². The zero-order valence-corrected chi connectivity index (χ0v) is 10.9. The van der Waals surface area contributed by atoms with Gasteiger partial charge in [-0.2, -0.15) is 0 Å². The summed E-state index contributed by atoms with van der Waals surface area (Å²) in [6, 6.07) is 10.4. The molecule has 2 N–H and O–H groups in total. The van der Waals surface area contributed by atoms with Crippen molar-refractivity contribution in [2.75, 3.05) is 0 Å². The zero-order valence-electron chi connectivity index (χ0n) is 10.9. The summed E-state index contributed by atoms with van der Waals surface area (Å²) in [5.74, 6) is -0.426. The van der Waals surface area contributed by atoms with E-state index in [0.717, 1.165) is 25.0 Å². The number of nitrogens with one attached hydrogen (secondary N) is 1. The van der Waals surface area contributed by atoms with Crippen LogP contribution in [0, 0.1) is 6.92 Å². The van der Waals surface area contributed by atoms with Crippen molar-refractivity contribution in [3.8, 4) is 0 Å². The number of carboxylic acids is 1. The number of aromatic carboxylic acids is 1. The summed E-state index contributed by atoms with van der Waals surface area (Å²) in [5, 5.41) is 9.02. The predicted octanol–water partition coefficient (Wildman–Crippen LogP) is 3.29. The summed E-state index contributed by atoms with van der Waals surface area (Å²) in [5.41, 5.74) is 5.22. The van der Waals surface area contributed by atoms with Crippen LogP contribution in [0.25, 0.3) is 0 Å². The van der Waals surface area contributed by atoms with Gasteiger partial charge in [0.2, 0.25) is 0 Å². The van der Waals surface area contributed by atoms with Crippen LogP contribution in [0.1, 0.15) is 45.2 Å². The lowest BCUT2D eigenvalue weighted by atomic mass is 9.94. The first-order valence-electron chi connectivity index (χ1n) is 6.64. The molecule has 1 atom stereocenters. The zero-order chi connectivity index (χ0) is 13.4. The molecule has 1 unspecified atom stereocenters. The smallest absolute Gasteiger partial charge is 0.352 e. The second-order valence-electron chi connectivity index (χ2n) is 5.35. The highest BCUT2D eigenvalue weighted by atomic mass is 16.4. The molecule has 0 saturated heterocycles. The molecule has 2 aromatic rings. The van der Waals surface area contributed by atoms with Crippen molar-refractivity contribution in [3.05, 3.63) is 58.4 Å². The monoisotopic (exact) mass is 255 g/mol. The summed E-state index contributed by atoms with van der Waals surface area (Å²) >= 11 is 0. The van der Waals surface area contributed by atoms with Gasteiger partial charge in [-0.3, -0.25) is 0 Å². The van der Waals surface area contributed by atoms with Crippen LogP contribution in [-0.4, -0.2) is 16.1 Å². The molecule has 1 aliphatic rings. The van der Waals surface area contributed by atoms with Crippen molar-refractivity contribution in [1.82, 2.24) is 4.98 Å². The van der Waals surface area contributed by atoms with Gasteiger partial charge in [0.1, 0.15) is 5.69 Å². The van der Waals surface area contributed by atoms with Crippen LogP contribution in [0.2, 0.25) is 0 Å². The minimum absolute atomic E-state index is 0.318. The Hall–Kier alpha value is -2.03. The van der Waals surface area contributed by atoms with Crippen molar-refractivity contribution in [2.45, 2.75) is 32.1 Å². The van der Waals surface area contributed by atoms with Gasteiger partial charge in [-0.15, -0.1) is 0 Å². The minimum Gasteiger partial charge on any atom is -0.477 e. The topological polar surface area (TPSA) is 53.1 Å². The number of aromatic nitrogens is 1. The van der Waals surface area contributed by atoms with Crippen LogP contribution in [0.15, 0.2) is 30.3 Å². The fraction of sp³-hybridized carbons (Fsp3) is 0.312. The first-order chi connectivity index (χ1) is 9.13. The molecule has 3 nitrogen and oxygen atoms in total. The summed E-state index contributed by atoms with van der Waals surface area (Å²) < 4.78 is 0. The lowest BCUT2D eigenvalue weighted by molar-refractivity contribution is 0.0691. The van der Waals surface area contributed by atoms with Crippen LogP contribution in [-0.2, 0) is 12.8 Å². The molecule has 0 bridgehead atoms. The lowest BCUT2D eigenvalue weighted by Gasteiger charge is -2.10. The third kappa shape index (κ3) is 2.28. The minimum atomic E-state index is -0.872. The number of fused-ring (bicyclic) bond motifs is 1. The van der Waals surface area contributed by atoms with Gasteiger partial charge in [-0.05, 0) is 49.3 Å². The Balaban J connectivity index is 1.84. The standard InChI is InChI=1S/C16H17NO2/c1-10-3-2-4-11(7-10)8-12-5-6-14-13(12)9-15(17-14)16(18)19/h2-4,7,9,12,17H,5-6,8H2,1H3,(H,18,19). The summed E-state index contributed by atoms with van der Waals surface area (Å²) in [4.78, 5) is 14.0. The Bertz CT molecular complexity index is 627. The van der Waals surface area contributed by atoms with E-state index in [2.05, 4.69) is 36.2 Å². The SMILES string of the molecule is Cc1cccc(CC2CCc3[nH]c(C(=O)O)cc32)c1. The molecule has 3 heteroatoms. The molecule has 0 radical (unpaired) electrons. The molecular formula is C16H17NO2. The number of hydrogen-bond acceptors (Lipinski definition) is 1. The fourth-order valence-electron chi connectivity index (χ4n) is 3.01. The van der Waals surface area contributed by atoms with Gasteiger partial charge in [-0.25, -0.2) is 4.79 Å². The third-order valence-electron chi connectivity index (χ3n) is 3.91. The van der Waals surface area contributed by atoms with Crippen molar-refractivity contribution in [2.24, 2.45) is 0 Å². The maximum absolute atomic E-state index is 11.0. The number of rotatable bonds is 3. The second kappa shape index (κ2) is 4.57. The highest BCUT2D eigenvalue weighted by Crippen LogP contribution is 2.36. The van der Waals surface area contributed by atoms with Crippen LogP contribution >= 0.6 is 0 Å². The number of aromatic amines is 1. The predicted molar refractivity (Wildman–Crippen MR) is 73.7 cm³/mol. The van der Waals surface area contributed by atoms with E-state index in [1.807, 2.05) is 6.07 Å². The number of H-pyrrole nitrogens is 1. The quantitative estimate of drug-likeness (QED) is 0.884. The van der Waals surface area contributed by atoms with Crippen molar-refractivity contribution in [3.63, 3.8) is 0 Å². The molecular weight excluding hydrogens is 238 g/mol. The van der Waals surface area contributed by atoms with Crippen LogP contribution in [0.4, 0.5) is 0 Å². The summed E-state index contributed by atoms with van der Waals surface area (Å²) in [6.45, 7) is 2.10. The molecule has 1 heterocycles. The molecule has 0 amide bonds. The van der Waals surface area contributed by atoms with E-state index in [0.29, 0.717) is 11.6 Å². The van der Waals surface area contributed by atoms with E-state index in [-0.39, 0.29) is 0 Å². The largest absolute Gasteiger partial charge is 0.477 e. The Morgan fingerprint density at radius 1 is 1.42 bits per heavy atom. The van der Waals surface area contributed by atoms with Gasteiger partial charge in [0.15, 0.2) is 0 Å². The molecule has 0 fully saturated rings. The number of carboxylic acid groups (broad SMARTS) is 1. The highest BCUT2D eigenvalue weighted by Gasteiger charge is 2.26. The van der Waals surface area contributed by atoms with Gasteiger partial charge in [-0.1, -0.05) is 29.8 Å². The Labute approximate surface area is 112 Å². The first-order valence-corrected chi connectivity index (χ1v) is 6.64. The number of carbonyl (C=O) groups is 1. The molecule has 1 aliphatic carbocycles. The van der Waals surface area contributed by atoms with Crippen molar-refractivity contribution >= 4 is 5.97 Å². The maximum Gasteiger partial charge on any atom is 0.352 e. The van der Waals surface area contributed by atoms with Gasteiger partial charge in [0, 0.05) is 5.69 Å². The van der Waals surface area contributed by atoms with E-state index < -0.39 is 5.97 Å². The molecule has 1 aromatic heterocycles. The average molecular weight is 255 g/mol. The molecule has 0 aliphatic heterocycles. The third-order valence-corrected chi connectivity index (χ3v) is 3.91. The number of aryl methyl sites for hydroxylation is 2. The van der Waals surface area contributed by atoms with E-state index in [1.54, 1.807) is 0 Å². The Morgan fingerprint density at radius 2 is 2.26 bits per heavy atom. The van der Waals surface area contributed by atoms with E-state index >= 15 is 0 Å². The van der Waals surface area contributed by atoms with Gasteiger partial charge >= 0.3 is 5.97 Å². The molecule has 1 aromatic carbocycles. The van der Waals surface area contributed by atoms with Crippen LogP contribution in [0.5, 0.6) is 0 Å². The van der Waals surface area contributed by atoms with Crippen molar-refractivity contribution in [1.29, 1.82) is 0 Å². The lowest BCUT2D eigenvalue weighted by Crippen LogP contribution is -2.00. The van der Waals surface area contributed by atoms with Gasteiger partial charge in [0.05, 0.1) is 0 Å². The first kappa shape index (κ1) is 12.0. The van der Waals surface area contributed by atoms with E-state index in [9.17, 15) is 4.79 Å². The normalized spacial score (nSPS) is 17.4. The fourth-order valence-corrected chi connectivity index (χ4v) is 3.01. The molecule has 0 spiro atoms. The highest BCUT2D eigenvalue weighted by molar-refractivity contribution is 5.86. The Morgan fingerprint density at radius 3 is 3.00 bits per heavy atom. The summed E-state index contributed by atoms with van der Waals surface area (Å²) in [6.07, 6.45) is 3.06. The summed E-state index contributed by atoms with van der Waals surface area (Å²) in [7, 11) is 0. The van der Waals surface area contributed by atoms with E-state index in [1.165, 1.54) is 16.7 Å². The maximum atomic E-state index is 11.0. The van der Waals surface area contributed by atoms with E-state index in [4.69, 9.17) is 5.11 Å². The van der Waals surface area contributed by atoms with Crippen LogP contribution in [0.3, 0.4) is 0 Å². The van der Waals surface area contributed by atoms with Crippen molar-refractivity contribution < 1.29 is 9.90 Å². The second-order valence-corrected chi connectivity index (χ2v) is 5.35. The Kier molecular flexibility index (Phi) is 2.90. The molecule has 3 rings (SSSR count).